The summed E-state index contributed by atoms with van der Waals surface area (Å²) in [4.78, 5) is 12.0. The maximum Gasteiger partial charge on any atom is 0.255 e. The predicted octanol–water partition coefficient (Wildman–Crippen LogP) is 1.68. The summed E-state index contributed by atoms with van der Waals surface area (Å²) in [7, 11) is 0. The molecule has 1 saturated carbocycles. The summed E-state index contributed by atoms with van der Waals surface area (Å²) >= 11 is 0. The van der Waals surface area contributed by atoms with Gasteiger partial charge >= 0.3 is 0 Å². The van der Waals surface area contributed by atoms with Crippen LogP contribution in [0.25, 0.3) is 0 Å². The smallest absolute Gasteiger partial charge is 0.255 e. The molecule has 0 unspecified atom stereocenters. The number of nitrogens with zero attached hydrogens (tertiary/aromatic N) is 1. The summed E-state index contributed by atoms with van der Waals surface area (Å²) in [5.74, 6) is 0. The average molecular weight is 206 g/mol. The molecule has 1 aromatic rings. The molecule has 0 amide bonds. The Balaban J connectivity index is 2.09. The first-order valence-electron chi connectivity index (χ1n) is 5.73. The highest BCUT2D eigenvalue weighted by molar-refractivity contribution is 5.11. The van der Waals surface area contributed by atoms with Gasteiger partial charge in [0.25, 0.3) is 5.56 Å². The van der Waals surface area contributed by atoms with Crippen molar-refractivity contribution in [1.82, 2.24) is 9.88 Å². The SMILES string of the molecule is CCCNCc1cccn(C2CC2)c1=O. The van der Waals surface area contributed by atoms with E-state index < -0.39 is 0 Å². The third-order valence-corrected chi connectivity index (χ3v) is 2.74. The second kappa shape index (κ2) is 4.62. The van der Waals surface area contributed by atoms with Gasteiger partial charge in [-0.05, 0) is 31.9 Å². The topological polar surface area (TPSA) is 34.0 Å². The molecule has 15 heavy (non-hydrogen) atoms. The van der Waals surface area contributed by atoms with Crippen molar-refractivity contribution in [2.75, 3.05) is 6.54 Å². The van der Waals surface area contributed by atoms with E-state index >= 15 is 0 Å². The van der Waals surface area contributed by atoms with Gasteiger partial charge in [0.05, 0.1) is 0 Å². The first-order chi connectivity index (χ1) is 7.33. The van der Waals surface area contributed by atoms with Crippen molar-refractivity contribution in [2.45, 2.75) is 38.8 Å². The van der Waals surface area contributed by atoms with Crippen molar-refractivity contribution in [3.8, 4) is 0 Å². The molecule has 0 atom stereocenters. The average Bonchev–Trinajstić information content (AvgIpc) is 3.05. The molecule has 0 aliphatic heterocycles. The second-order valence-electron chi connectivity index (χ2n) is 4.15. The molecule has 1 N–H and O–H groups in total. The Labute approximate surface area is 90.1 Å². The van der Waals surface area contributed by atoms with Crippen LogP contribution in [0.3, 0.4) is 0 Å². The van der Waals surface area contributed by atoms with Crippen LogP contribution in [0.2, 0.25) is 0 Å². The van der Waals surface area contributed by atoms with Gasteiger partial charge in [-0.2, -0.15) is 0 Å². The molecule has 1 heterocycles. The number of hydrogen-bond donors (Lipinski definition) is 1. The lowest BCUT2D eigenvalue weighted by Crippen LogP contribution is -2.26. The lowest BCUT2D eigenvalue weighted by Gasteiger charge is -2.07. The zero-order valence-electron chi connectivity index (χ0n) is 9.20. The van der Waals surface area contributed by atoms with Gasteiger partial charge in [0, 0.05) is 24.3 Å². The van der Waals surface area contributed by atoms with E-state index in [4.69, 9.17) is 0 Å². The van der Waals surface area contributed by atoms with E-state index in [1.807, 2.05) is 22.9 Å². The Hall–Kier alpha value is -1.09. The summed E-state index contributed by atoms with van der Waals surface area (Å²) in [5, 5.41) is 3.27. The summed E-state index contributed by atoms with van der Waals surface area (Å²) in [6, 6.07) is 4.37. The molecule has 3 heteroatoms. The van der Waals surface area contributed by atoms with E-state index in [0.717, 1.165) is 31.4 Å². The summed E-state index contributed by atoms with van der Waals surface area (Å²) in [5.41, 5.74) is 1.07. The molecule has 3 nitrogen and oxygen atoms in total. The molecule has 0 spiro atoms. The number of nitrogens with one attached hydrogen (secondary N) is 1. The van der Waals surface area contributed by atoms with Crippen molar-refractivity contribution in [1.29, 1.82) is 0 Å². The lowest BCUT2D eigenvalue weighted by atomic mass is 10.2. The van der Waals surface area contributed by atoms with E-state index in [1.165, 1.54) is 0 Å². The monoisotopic (exact) mass is 206 g/mol. The van der Waals surface area contributed by atoms with Crippen LogP contribution < -0.4 is 10.9 Å². The number of aromatic nitrogens is 1. The van der Waals surface area contributed by atoms with Crippen LogP contribution in [0.1, 0.15) is 37.8 Å². The van der Waals surface area contributed by atoms with Gasteiger partial charge in [0.1, 0.15) is 0 Å². The van der Waals surface area contributed by atoms with Gasteiger partial charge in [-0.25, -0.2) is 0 Å². The highest BCUT2D eigenvalue weighted by Gasteiger charge is 2.24. The van der Waals surface area contributed by atoms with E-state index in [0.29, 0.717) is 12.6 Å². The zero-order valence-corrected chi connectivity index (χ0v) is 9.20. The third-order valence-electron chi connectivity index (χ3n) is 2.74. The maximum absolute atomic E-state index is 12.0. The summed E-state index contributed by atoms with van der Waals surface area (Å²) in [6.07, 6.45) is 5.32. The standard InChI is InChI=1S/C12H18N2O/c1-2-7-13-9-10-4-3-8-14(12(10)15)11-5-6-11/h3-4,8,11,13H,2,5-7,9H2,1H3. The Morgan fingerprint density at radius 2 is 2.33 bits per heavy atom. The highest BCUT2D eigenvalue weighted by atomic mass is 16.1. The summed E-state index contributed by atoms with van der Waals surface area (Å²) < 4.78 is 1.88. The Bertz CT molecular complexity index is 379. The summed E-state index contributed by atoms with van der Waals surface area (Å²) in [6.45, 7) is 3.79. The molecule has 1 aliphatic rings. The van der Waals surface area contributed by atoms with Crippen LogP contribution in [0.5, 0.6) is 0 Å². The molecule has 82 valence electrons. The van der Waals surface area contributed by atoms with Crippen LogP contribution in [0.4, 0.5) is 0 Å². The molecule has 1 fully saturated rings. The number of pyridine rings is 1. The Morgan fingerprint density at radius 3 is 3.00 bits per heavy atom. The van der Waals surface area contributed by atoms with Gasteiger partial charge in [0.2, 0.25) is 0 Å². The molecule has 1 aliphatic carbocycles. The second-order valence-corrected chi connectivity index (χ2v) is 4.15. The Morgan fingerprint density at radius 1 is 1.53 bits per heavy atom. The fourth-order valence-electron chi connectivity index (χ4n) is 1.73. The fraction of sp³-hybridized carbons (Fsp3) is 0.583. The largest absolute Gasteiger partial charge is 0.312 e. The molecular formula is C12H18N2O. The van der Waals surface area contributed by atoms with Crippen LogP contribution in [-0.4, -0.2) is 11.1 Å². The van der Waals surface area contributed by atoms with Gasteiger partial charge < -0.3 is 9.88 Å². The van der Waals surface area contributed by atoms with E-state index in [1.54, 1.807) is 0 Å². The molecule has 2 rings (SSSR count). The molecule has 0 radical (unpaired) electrons. The van der Waals surface area contributed by atoms with Crippen LogP contribution >= 0.6 is 0 Å². The van der Waals surface area contributed by atoms with E-state index in [9.17, 15) is 4.79 Å². The molecule has 0 bridgehead atoms. The highest BCUT2D eigenvalue weighted by Crippen LogP contribution is 2.33. The van der Waals surface area contributed by atoms with Gasteiger partial charge in [-0.1, -0.05) is 13.0 Å². The van der Waals surface area contributed by atoms with Crippen molar-refractivity contribution >= 4 is 0 Å². The zero-order chi connectivity index (χ0) is 10.7. The molecular weight excluding hydrogens is 188 g/mol. The first kappa shape index (κ1) is 10.4. The lowest BCUT2D eigenvalue weighted by molar-refractivity contribution is 0.646. The third kappa shape index (κ3) is 2.48. The first-order valence-corrected chi connectivity index (χ1v) is 5.73. The van der Waals surface area contributed by atoms with Crippen LogP contribution in [-0.2, 0) is 6.54 Å². The quantitative estimate of drug-likeness (QED) is 0.744. The van der Waals surface area contributed by atoms with Crippen molar-refractivity contribution in [2.24, 2.45) is 0 Å². The molecule has 0 saturated heterocycles. The van der Waals surface area contributed by atoms with Crippen molar-refractivity contribution in [3.05, 3.63) is 34.2 Å². The molecule has 0 aromatic carbocycles. The number of hydrogen-bond acceptors (Lipinski definition) is 2. The normalized spacial score (nSPS) is 15.5. The maximum atomic E-state index is 12.0. The van der Waals surface area contributed by atoms with Gasteiger partial charge in [-0.3, -0.25) is 4.79 Å². The predicted molar refractivity (Wildman–Crippen MR) is 61.0 cm³/mol. The van der Waals surface area contributed by atoms with E-state index in [2.05, 4.69) is 12.2 Å². The van der Waals surface area contributed by atoms with Crippen LogP contribution in [0, 0.1) is 0 Å². The minimum absolute atomic E-state index is 0.184. The Kier molecular flexibility index (Phi) is 3.21. The minimum Gasteiger partial charge on any atom is -0.312 e. The minimum atomic E-state index is 0.184. The fourth-order valence-corrected chi connectivity index (χ4v) is 1.73. The van der Waals surface area contributed by atoms with Crippen LogP contribution in [0.15, 0.2) is 23.1 Å². The number of rotatable bonds is 5. The van der Waals surface area contributed by atoms with Gasteiger partial charge in [0.15, 0.2) is 0 Å². The van der Waals surface area contributed by atoms with Gasteiger partial charge in [-0.15, -0.1) is 0 Å². The molecule has 1 aromatic heterocycles. The van der Waals surface area contributed by atoms with E-state index in [-0.39, 0.29) is 5.56 Å². The van der Waals surface area contributed by atoms with Crippen molar-refractivity contribution < 1.29 is 0 Å². The van der Waals surface area contributed by atoms with Crippen molar-refractivity contribution in [3.63, 3.8) is 0 Å².